The van der Waals surface area contributed by atoms with Crippen LogP contribution in [0.15, 0.2) is 12.3 Å². The minimum absolute atomic E-state index is 0.0412. The van der Waals surface area contributed by atoms with Crippen LogP contribution in [0.2, 0.25) is 0 Å². The molecular weight excluding hydrogens is 252 g/mol. The molecule has 1 aromatic rings. The molecular formula is C11H12N4O4. The molecule has 1 unspecified atom stereocenters. The van der Waals surface area contributed by atoms with E-state index in [9.17, 15) is 19.7 Å². The van der Waals surface area contributed by atoms with Crippen molar-refractivity contribution in [2.24, 2.45) is 0 Å². The fourth-order valence-electron chi connectivity index (χ4n) is 1.88. The standard InChI is InChI=1S/C11H12N4O4/c1-6-4-5-12-10(9(6)15(18)19)13-7-2-3-8(16)14-11(7)17/h4-5,7H,2-3H2,1H3,(H,12,13)(H,14,16,17). The van der Waals surface area contributed by atoms with Gasteiger partial charge in [0.25, 0.3) is 0 Å². The van der Waals surface area contributed by atoms with Crippen molar-refractivity contribution in [3.8, 4) is 0 Å². The number of nitrogens with one attached hydrogen (secondary N) is 2. The number of nitrogens with zero attached hydrogens (tertiary/aromatic N) is 2. The molecule has 2 amide bonds. The highest BCUT2D eigenvalue weighted by Crippen LogP contribution is 2.26. The Morgan fingerprint density at radius 3 is 2.89 bits per heavy atom. The predicted octanol–water partition coefficient (Wildman–Crippen LogP) is 0.515. The van der Waals surface area contributed by atoms with E-state index in [-0.39, 0.29) is 30.3 Å². The number of rotatable bonds is 3. The lowest BCUT2D eigenvalue weighted by Gasteiger charge is -2.22. The predicted molar refractivity (Wildman–Crippen MR) is 65.4 cm³/mol. The number of pyridine rings is 1. The van der Waals surface area contributed by atoms with Crippen LogP contribution in [0.3, 0.4) is 0 Å². The van der Waals surface area contributed by atoms with Gasteiger partial charge in [-0.2, -0.15) is 0 Å². The molecule has 1 saturated heterocycles. The number of aryl methyl sites for hydroxylation is 1. The third-order valence-electron chi connectivity index (χ3n) is 2.86. The molecule has 2 heterocycles. The van der Waals surface area contributed by atoms with E-state index >= 15 is 0 Å². The molecule has 1 atom stereocenters. The fraction of sp³-hybridized carbons (Fsp3) is 0.364. The first-order valence-electron chi connectivity index (χ1n) is 5.69. The van der Waals surface area contributed by atoms with Gasteiger partial charge in [-0.25, -0.2) is 4.98 Å². The molecule has 100 valence electrons. The average Bonchev–Trinajstić information content (AvgIpc) is 2.32. The lowest BCUT2D eigenvalue weighted by molar-refractivity contribution is -0.384. The van der Waals surface area contributed by atoms with E-state index in [1.54, 1.807) is 6.92 Å². The zero-order chi connectivity index (χ0) is 14.0. The van der Waals surface area contributed by atoms with Crippen molar-refractivity contribution in [2.75, 3.05) is 5.32 Å². The molecule has 1 fully saturated rings. The topological polar surface area (TPSA) is 114 Å². The lowest BCUT2D eigenvalue weighted by Crippen LogP contribution is -2.47. The maximum atomic E-state index is 11.6. The third-order valence-corrected chi connectivity index (χ3v) is 2.86. The SMILES string of the molecule is Cc1ccnc(NC2CCC(=O)NC2=O)c1[N+](=O)[O-]. The summed E-state index contributed by atoms with van der Waals surface area (Å²) in [7, 11) is 0. The molecule has 8 nitrogen and oxygen atoms in total. The Labute approximate surface area is 108 Å². The van der Waals surface area contributed by atoms with Crippen LogP contribution in [0.4, 0.5) is 11.5 Å². The number of anilines is 1. The molecule has 0 saturated carbocycles. The van der Waals surface area contributed by atoms with Crippen LogP contribution in [0.25, 0.3) is 0 Å². The van der Waals surface area contributed by atoms with Crippen molar-refractivity contribution in [3.05, 3.63) is 27.9 Å². The first-order valence-corrected chi connectivity index (χ1v) is 5.69. The first kappa shape index (κ1) is 12.9. The van der Waals surface area contributed by atoms with Crippen molar-refractivity contribution in [2.45, 2.75) is 25.8 Å². The van der Waals surface area contributed by atoms with E-state index < -0.39 is 16.9 Å². The second kappa shape index (κ2) is 5.01. The van der Waals surface area contributed by atoms with Gasteiger partial charge in [0.05, 0.1) is 4.92 Å². The highest BCUT2D eigenvalue weighted by atomic mass is 16.6. The van der Waals surface area contributed by atoms with Gasteiger partial charge in [0, 0.05) is 18.2 Å². The van der Waals surface area contributed by atoms with Crippen LogP contribution in [0.1, 0.15) is 18.4 Å². The molecule has 0 radical (unpaired) electrons. The third kappa shape index (κ3) is 2.67. The highest BCUT2D eigenvalue weighted by molar-refractivity contribution is 6.01. The number of hydrogen-bond acceptors (Lipinski definition) is 6. The molecule has 8 heteroatoms. The summed E-state index contributed by atoms with van der Waals surface area (Å²) in [6, 6.07) is 0.832. The van der Waals surface area contributed by atoms with Crippen molar-refractivity contribution in [1.29, 1.82) is 0 Å². The Kier molecular flexibility index (Phi) is 3.41. The second-order valence-electron chi connectivity index (χ2n) is 4.23. The van der Waals surface area contributed by atoms with Gasteiger partial charge in [0.2, 0.25) is 17.6 Å². The van der Waals surface area contributed by atoms with Gasteiger partial charge in [-0.15, -0.1) is 0 Å². The number of hydrogen-bond donors (Lipinski definition) is 2. The van der Waals surface area contributed by atoms with Crippen LogP contribution in [-0.2, 0) is 9.59 Å². The molecule has 1 aliphatic rings. The number of imide groups is 1. The van der Waals surface area contributed by atoms with E-state index in [4.69, 9.17) is 0 Å². The molecule has 1 aromatic heterocycles. The number of carbonyl (C=O) groups excluding carboxylic acids is 2. The summed E-state index contributed by atoms with van der Waals surface area (Å²) in [4.78, 5) is 36.9. The van der Waals surface area contributed by atoms with Gasteiger partial charge in [0.15, 0.2) is 0 Å². The second-order valence-corrected chi connectivity index (χ2v) is 4.23. The van der Waals surface area contributed by atoms with Crippen LogP contribution in [0.5, 0.6) is 0 Å². The van der Waals surface area contributed by atoms with E-state index in [2.05, 4.69) is 15.6 Å². The maximum absolute atomic E-state index is 11.6. The van der Waals surface area contributed by atoms with E-state index in [0.717, 1.165) is 0 Å². The van der Waals surface area contributed by atoms with Gasteiger partial charge in [-0.3, -0.25) is 25.0 Å². The van der Waals surface area contributed by atoms with Crippen LogP contribution in [0, 0.1) is 17.0 Å². The van der Waals surface area contributed by atoms with E-state index in [1.165, 1.54) is 12.3 Å². The summed E-state index contributed by atoms with van der Waals surface area (Å²) in [5, 5.41) is 15.9. The van der Waals surface area contributed by atoms with Crippen molar-refractivity contribution < 1.29 is 14.5 Å². The minimum Gasteiger partial charge on any atom is -0.353 e. The van der Waals surface area contributed by atoms with Gasteiger partial charge < -0.3 is 5.32 Å². The van der Waals surface area contributed by atoms with Crippen LogP contribution in [-0.4, -0.2) is 27.8 Å². The normalized spacial score (nSPS) is 18.9. The van der Waals surface area contributed by atoms with E-state index in [0.29, 0.717) is 5.56 Å². The van der Waals surface area contributed by atoms with E-state index in [1.807, 2.05) is 0 Å². The van der Waals surface area contributed by atoms with Crippen LogP contribution < -0.4 is 10.6 Å². The Bertz CT molecular complexity index is 558. The zero-order valence-corrected chi connectivity index (χ0v) is 10.2. The Morgan fingerprint density at radius 1 is 1.53 bits per heavy atom. The molecule has 19 heavy (non-hydrogen) atoms. The summed E-state index contributed by atoms with van der Waals surface area (Å²) in [5.74, 6) is -0.789. The Balaban J connectivity index is 2.24. The number of carbonyl (C=O) groups is 2. The summed E-state index contributed by atoms with van der Waals surface area (Å²) in [6.45, 7) is 1.59. The molecule has 1 aliphatic heterocycles. The smallest absolute Gasteiger partial charge is 0.314 e. The zero-order valence-electron chi connectivity index (χ0n) is 10.2. The van der Waals surface area contributed by atoms with Crippen molar-refractivity contribution >= 4 is 23.3 Å². The largest absolute Gasteiger partial charge is 0.353 e. The molecule has 0 bridgehead atoms. The minimum atomic E-state index is -0.689. The lowest BCUT2D eigenvalue weighted by atomic mass is 10.1. The molecule has 2 N–H and O–H groups in total. The summed E-state index contributed by atoms with van der Waals surface area (Å²) >= 11 is 0. The summed E-state index contributed by atoms with van der Waals surface area (Å²) < 4.78 is 0. The number of aromatic nitrogens is 1. The molecule has 0 aliphatic carbocycles. The molecule has 0 aromatic carbocycles. The number of amides is 2. The molecule has 0 spiro atoms. The highest BCUT2D eigenvalue weighted by Gasteiger charge is 2.29. The quantitative estimate of drug-likeness (QED) is 0.467. The monoisotopic (exact) mass is 264 g/mol. The molecule has 2 rings (SSSR count). The average molecular weight is 264 g/mol. The summed E-state index contributed by atoms with van der Waals surface area (Å²) in [6.07, 6.45) is 1.91. The van der Waals surface area contributed by atoms with Crippen molar-refractivity contribution in [3.63, 3.8) is 0 Å². The van der Waals surface area contributed by atoms with Crippen molar-refractivity contribution in [1.82, 2.24) is 10.3 Å². The number of piperidine rings is 1. The van der Waals surface area contributed by atoms with Crippen LogP contribution >= 0.6 is 0 Å². The summed E-state index contributed by atoms with van der Waals surface area (Å²) in [5.41, 5.74) is 0.294. The van der Waals surface area contributed by atoms with Gasteiger partial charge in [-0.1, -0.05) is 0 Å². The number of nitro groups is 1. The fourth-order valence-corrected chi connectivity index (χ4v) is 1.88. The Hall–Kier alpha value is -2.51. The van der Waals surface area contributed by atoms with Gasteiger partial charge in [0.1, 0.15) is 6.04 Å². The first-order chi connectivity index (χ1) is 8.99. The maximum Gasteiger partial charge on any atom is 0.314 e. The Morgan fingerprint density at radius 2 is 2.26 bits per heavy atom. The van der Waals surface area contributed by atoms with Gasteiger partial charge in [-0.05, 0) is 19.4 Å². The van der Waals surface area contributed by atoms with Gasteiger partial charge >= 0.3 is 5.69 Å².